The van der Waals surface area contributed by atoms with E-state index in [0.717, 1.165) is 51.8 Å². The summed E-state index contributed by atoms with van der Waals surface area (Å²) in [6.45, 7) is 6.93. The van der Waals surface area contributed by atoms with Crippen molar-refractivity contribution in [2.45, 2.75) is 13.1 Å². The van der Waals surface area contributed by atoms with Gasteiger partial charge in [-0.15, -0.1) is 0 Å². The number of rotatable bonds is 3. The fraction of sp³-hybridized carbons (Fsp3) is 0.562. The molecule has 128 valence electrons. The minimum atomic E-state index is -0.417. The molecule has 0 bridgehead atoms. The summed E-state index contributed by atoms with van der Waals surface area (Å²) in [4.78, 5) is 17.3. The Labute approximate surface area is 140 Å². The summed E-state index contributed by atoms with van der Waals surface area (Å²) in [7, 11) is 0. The molecule has 4 rings (SSSR count). The summed E-state index contributed by atoms with van der Waals surface area (Å²) in [5.74, 6) is 1.55. The van der Waals surface area contributed by atoms with Crippen molar-refractivity contribution in [3.8, 4) is 0 Å². The summed E-state index contributed by atoms with van der Waals surface area (Å²) in [5, 5.41) is 0. The molecule has 0 spiro atoms. The monoisotopic (exact) mass is 332 g/mol. The minimum Gasteiger partial charge on any atom is -0.379 e. The maximum absolute atomic E-state index is 13.1. The summed E-state index contributed by atoms with van der Waals surface area (Å²) in [6, 6.07) is 0. The molecule has 0 saturated carbocycles. The van der Waals surface area contributed by atoms with Crippen molar-refractivity contribution in [1.82, 2.24) is 24.4 Å². The maximum Gasteiger partial charge on any atom is 0.225 e. The van der Waals surface area contributed by atoms with Crippen LogP contribution in [-0.2, 0) is 17.8 Å². The van der Waals surface area contributed by atoms with Crippen LogP contribution in [0, 0.1) is 11.7 Å². The van der Waals surface area contributed by atoms with Crippen molar-refractivity contribution in [3.05, 3.63) is 36.4 Å². The Bertz CT molecular complexity index is 669. The first-order valence-corrected chi connectivity index (χ1v) is 8.30. The van der Waals surface area contributed by atoms with E-state index < -0.39 is 5.82 Å². The van der Waals surface area contributed by atoms with Crippen molar-refractivity contribution in [1.29, 1.82) is 0 Å². The van der Waals surface area contributed by atoms with Gasteiger partial charge >= 0.3 is 0 Å². The number of imidazole rings is 1. The highest BCUT2D eigenvalue weighted by molar-refractivity contribution is 5.30. The minimum absolute atomic E-state index is 0.417. The van der Waals surface area contributed by atoms with E-state index in [9.17, 15) is 4.39 Å². The van der Waals surface area contributed by atoms with Crippen molar-refractivity contribution < 1.29 is 9.13 Å². The zero-order valence-electron chi connectivity index (χ0n) is 13.5. The number of morpholine rings is 1. The van der Waals surface area contributed by atoms with E-state index in [1.807, 2.05) is 12.4 Å². The molecular weight excluding hydrogens is 311 g/mol. The zero-order valence-corrected chi connectivity index (χ0v) is 13.5. The second-order valence-electron chi connectivity index (χ2n) is 6.36. The molecule has 0 radical (unpaired) electrons. The van der Waals surface area contributed by atoms with Crippen LogP contribution in [-0.4, -0.2) is 63.8 Å². The highest BCUT2D eigenvalue weighted by Gasteiger charge is 2.26. The predicted octanol–water partition coefficient (Wildman–Crippen LogP) is 0.781. The molecule has 1 fully saturated rings. The number of ether oxygens (including phenoxy) is 1. The van der Waals surface area contributed by atoms with Crippen LogP contribution in [0.1, 0.15) is 5.82 Å². The fourth-order valence-corrected chi connectivity index (χ4v) is 3.43. The molecule has 24 heavy (non-hydrogen) atoms. The Morgan fingerprint density at radius 1 is 1.12 bits per heavy atom. The largest absolute Gasteiger partial charge is 0.379 e. The molecule has 0 aliphatic carbocycles. The third kappa shape index (κ3) is 3.39. The van der Waals surface area contributed by atoms with E-state index in [1.54, 1.807) is 0 Å². The highest BCUT2D eigenvalue weighted by Crippen LogP contribution is 2.20. The highest BCUT2D eigenvalue weighted by atomic mass is 19.1. The van der Waals surface area contributed by atoms with Gasteiger partial charge in [0, 0.05) is 51.0 Å². The molecule has 4 heterocycles. The molecule has 8 heteroatoms. The van der Waals surface area contributed by atoms with Crippen LogP contribution in [0.4, 0.5) is 10.3 Å². The van der Waals surface area contributed by atoms with Gasteiger partial charge in [-0.1, -0.05) is 0 Å². The first kappa shape index (κ1) is 15.5. The Balaban J connectivity index is 1.54. The van der Waals surface area contributed by atoms with Crippen LogP contribution in [0.25, 0.3) is 0 Å². The number of aromatic nitrogens is 4. The second-order valence-corrected chi connectivity index (χ2v) is 6.36. The molecule has 7 nitrogen and oxygen atoms in total. The number of hydrogen-bond donors (Lipinski definition) is 0. The van der Waals surface area contributed by atoms with Crippen LogP contribution >= 0.6 is 0 Å². The van der Waals surface area contributed by atoms with Crippen LogP contribution < -0.4 is 4.90 Å². The van der Waals surface area contributed by atoms with Crippen LogP contribution in [0.3, 0.4) is 0 Å². The first-order valence-electron chi connectivity index (χ1n) is 8.30. The van der Waals surface area contributed by atoms with Gasteiger partial charge in [-0.2, -0.15) is 0 Å². The SMILES string of the molecule is Fc1cnc(N2Cc3nccn3C[C@H](CN3CCOCC3)C2)nc1. The summed E-state index contributed by atoms with van der Waals surface area (Å²) >= 11 is 0. The Morgan fingerprint density at radius 2 is 1.92 bits per heavy atom. The van der Waals surface area contributed by atoms with Crippen LogP contribution in [0.15, 0.2) is 24.8 Å². The lowest BCUT2D eigenvalue weighted by atomic mass is 10.1. The van der Waals surface area contributed by atoms with Crippen molar-refractivity contribution in [2.24, 2.45) is 5.92 Å². The Hall–Kier alpha value is -2.06. The quantitative estimate of drug-likeness (QED) is 0.828. The Kier molecular flexibility index (Phi) is 4.40. The van der Waals surface area contributed by atoms with E-state index in [1.165, 1.54) is 12.4 Å². The molecule has 2 aromatic rings. The first-order chi connectivity index (χ1) is 11.8. The number of nitrogens with zero attached hydrogens (tertiary/aromatic N) is 6. The molecule has 1 saturated heterocycles. The molecule has 0 N–H and O–H groups in total. The fourth-order valence-electron chi connectivity index (χ4n) is 3.43. The lowest BCUT2D eigenvalue weighted by molar-refractivity contribution is 0.0301. The van der Waals surface area contributed by atoms with Gasteiger partial charge in [0.15, 0.2) is 5.82 Å². The lowest BCUT2D eigenvalue weighted by Crippen LogP contribution is -2.42. The van der Waals surface area contributed by atoms with Crippen molar-refractivity contribution in [3.63, 3.8) is 0 Å². The third-order valence-electron chi connectivity index (χ3n) is 4.58. The van der Waals surface area contributed by atoms with E-state index >= 15 is 0 Å². The molecule has 0 unspecified atom stereocenters. The maximum atomic E-state index is 13.1. The lowest BCUT2D eigenvalue weighted by Gasteiger charge is -2.31. The third-order valence-corrected chi connectivity index (χ3v) is 4.58. The van der Waals surface area contributed by atoms with Crippen LogP contribution in [0.5, 0.6) is 0 Å². The summed E-state index contributed by atoms with van der Waals surface area (Å²) in [5.41, 5.74) is 0. The number of anilines is 1. The van der Waals surface area contributed by atoms with Gasteiger partial charge < -0.3 is 14.2 Å². The van der Waals surface area contributed by atoms with E-state index in [-0.39, 0.29) is 0 Å². The average molecular weight is 332 g/mol. The van der Waals surface area contributed by atoms with Gasteiger partial charge in [0.25, 0.3) is 0 Å². The van der Waals surface area contributed by atoms with Crippen molar-refractivity contribution >= 4 is 5.95 Å². The molecule has 2 aromatic heterocycles. The molecule has 1 atom stereocenters. The van der Waals surface area contributed by atoms with Gasteiger partial charge in [-0.05, 0) is 0 Å². The van der Waals surface area contributed by atoms with Gasteiger partial charge in [-0.3, -0.25) is 4.90 Å². The van der Waals surface area contributed by atoms with E-state index in [2.05, 4.69) is 29.3 Å². The van der Waals surface area contributed by atoms with Crippen molar-refractivity contribution in [2.75, 3.05) is 44.3 Å². The van der Waals surface area contributed by atoms with Gasteiger partial charge in [0.2, 0.25) is 5.95 Å². The van der Waals surface area contributed by atoms with E-state index in [4.69, 9.17) is 4.74 Å². The smallest absolute Gasteiger partial charge is 0.225 e. The predicted molar refractivity (Wildman–Crippen MR) is 86.0 cm³/mol. The zero-order chi connectivity index (χ0) is 16.4. The molecular formula is C16H21FN6O. The Morgan fingerprint density at radius 3 is 2.71 bits per heavy atom. The summed E-state index contributed by atoms with van der Waals surface area (Å²) in [6.07, 6.45) is 6.29. The normalized spacial score (nSPS) is 22.2. The van der Waals surface area contributed by atoms with E-state index in [0.29, 0.717) is 18.4 Å². The summed E-state index contributed by atoms with van der Waals surface area (Å²) < 4.78 is 20.8. The molecule has 2 aliphatic heterocycles. The average Bonchev–Trinajstić information content (AvgIpc) is 2.95. The van der Waals surface area contributed by atoms with Gasteiger partial charge in [0.1, 0.15) is 5.82 Å². The molecule has 0 amide bonds. The number of halogens is 1. The topological polar surface area (TPSA) is 59.3 Å². The standard InChI is InChI=1S/C16H21FN6O/c17-14-7-19-16(20-8-14)23-11-13(9-21-3-5-24-6-4-21)10-22-2-1-18-15(22)12-23/h1-2,7-8,13H,3-6,9-12H2/t13-/m0/s1. The molecule has 0 aromatic carbocycles. The van der Waals surface area contributed by atoms with Gasteiger partial charge in [0.05, 0.1) is 32.2 Å². The molecule has 2 aliphatic rings. The van der Waals surface area contributed by atoms with Crippen LogP contribution in [0.2, 0.25) is 0 Å². The second kappa shape index (κ2) is 6.82. The number of hydrogen-bond acceptors (Lipinski definition) is 6. The van der Waals surface area contributed by atoms with Gasteiger partial charge in [-0.25, -0.2) is 19.3 Å². The number of fused-ring (bicyclic) bond motifs is 1.